The van der Waals surface area contributed by atoms with E-state index >= 15 is 0 Å². The van der Waals surface area contributed by atoms with Crippen LogP contribution in [0.3, 0.4) is 0 Å². The van der Waals surface area contributed by atoms with Crippen molar-refractivity contribution in [1.29, 1.82) is 0 Å². The Morgan fingerprint density at radius 3 is 2.40 bits per heavy atom. The van der Waals surface area contributed by atoms with Crippen LogP contribution in [0.25, 0.3) is 0 Å². The van der Waals surface area contributed by atoms with Gasteiger partial charge in [0, 0.05) is 12.0 Å². The molecule has 0 aliphatic heterocycles. The lowest BCUT2D eigenvalue weighted by Gasteiger charge is -2.39. The van der Waals surface area contributed by atoms with E-state index < -0.39 is 0 Å². The largest absolute Gasteiger partial charge is 0.312 e. The third kappa shape index (κ3) is 6.31. The second kappa shape index (κ2) is 8.08. The fraction of sp³-hybridized carbons (Fsp3) is 0.895. The van der Waals surface area contributed by atoms with Gasteiger partial charge in [-0.25, -0.2) is 0 Å². The average molecular weight is 277 g/mol. The third-order valence-electron chi connectivity index (χ3n) is 4.83. The van der Waals surface area contributed by atoms with Crippen molar-refractivity contribution in [2.75, 3.05) is 6.54 Å². The molecule has 1 fully saturated rings. The maximum absolute atomic E-state index is 3.72. The highest BCUT2D eigenvalue weighted by Gasteiger charge is 2.31. The molecule has 0 aromatic heterocycles. The molecule has 1 N–H and O–H groups in total. The lowest BCUT2D eigenvalue weighted by Crippen LogP contribution is -2.42. The van der Waals surface area contributed by atoms with Crippen LogP contribution >= 0.6 is 0 Å². The van der Waals surface area contributed by atoms with E-state index in [2.05, 4.69) is 51.8 Å². The molecule has 1 saturated carbocycles. The number of nitrogens with one attached hydrogen (secondary N) is 1. The van der Waals surface area contributed by atoms with Gasteiger partial charge in [0.05, 0.1) is 0 Å². The molecule has 0 spiro atoms. The first-order valence-corrected chi connectivity index (χ1v) is 8.48. The van der Waals surface area contributed by atoms with Gasteiger partial charge in [-0.05, 0) is 83.6 Å². The lowest BCUT2D eigenvalue weighted by molar-refractivity contribution is 0.133. The van der Waals surface area contributed by atoms with Crippen molar-refractivity contribution in [2.24, 2.45) is 23.7 Å². The second-order valence-electron chi connectivity index (χ2n) is 7.93. The molecule has 0 aromatic rings. The maximum atomic E-state index is 3.72. The van der Waals surface area contributed by atoms with E-state index in [4.69, 9.17) is 0 Å². The van der Waals surface area contributed by atoms with E-state index in [9.17, 15) is 0 Å². The molecule has 20 heavy (non-hydrogen) atoms. The van der Waals surface area contributed by atoms with Gasteiger partial charge in [0.25, 0.3) is 0 Å². The van der Waals surface area contributed by atoms with Crippen LogP contribution in [0.15, 0.2) is 0 Å². The molecule has 1 heteroatoms. The summed E-state index contributed by atoms with van der Waals surface area (Å²) in [6.07, 6.45) is 6.61. The van der Waals surface area contributed by atoms with Gasteiger partial charge in [-0.3, -0.25) is 0 Å². The highest BCUT2D eigenvalue weighted by Crippen LogP contribution is 2.39. The lowest BCUT2D eigenvalue weighted by atomic mass is 9.69. The van der Waals surface area contributed by atoms with E-state index in [1.54, 1.807) is 0 Å². The summed E-state index contributed by atoms with van der Waals surface area (Å²) in [6.45, 7) is 14.7. The van der Waals surface area contributed by atoms with Crippen LogP contribution in [-0.4, -0.2) is 12.1 Å². The summed E-state index contributed by atoms with van der Waals surface area (Å²) < 4.78 is 0. The van der Waals surface area contributed by atoms with Gasteiger partial charge >= 0.3 is 0 Å². The first-order valence-electron chi connectivity index (χ1n) is 8.48. The van der Waals surface area contributed by atoms with Gasteiger partial charge in [-0.1, -0.05) is 13.8 Å². The maximum Gasteiger partial charge on any atom is 0.00966 e. The molecule has 1 aliphatic carbocycles. The molecule has 0 saturated heterocycles. The van der Waals surface area contributed by atoms with Crippen LogP contribution in [0.5, 0.6) is 0 Å². The van der Waals surface area contributed by atoms with E-state index in [-0.39, 0.29) is 5.54 Å². The molecule has 1 aliphatic rings. The summed E-state index contributed by atoms with van der Waals surface area (Å²) in [7, 11) is 0. The van der Waals surface area contributed by atoms with Crippen molar-refractivity contribution in [1.82, 2.24) is 5.32 Å². The standard InChI is InChI=1S/C19H35N/c1-7-8-9-10-17-13-16(15(2)3)11-12-18(17)14-20-19(4,5)6/h15-18,20H,9-14H2,1-6H3. The molecular weight excluding hydrogens is 242 g/mol. The van der Waals surface area contributed by atoms with Crippen LogP contribution in [0.2, 0.25) is 0 Å². The fourth-order valence-corrected chi connectivity index (χ4v) is 3.41. The van der Waals surface area contributed by atoms with Gasteiger partial charge in [-0.15, -0.1) is 11.8 Å². The number of hydrogen-bond acceptors (Lipinski definition) is 1. The van der Waals surface area contributed by atoms with E-state index in [1.165, 1.54) is 32.2 Å². The normalized spacial score (nSPS) is 27.2. The molecule has 0 radical (unpaired) electrons. The quantitative estimate of drug-likeness (QED) is 0.707. The van der Waals surface area contributed by atoms with Gasteiger partial charge in [0.15, 0.2) is 0 Å². The highest BCUT2D eigenvalue weighted by molar-refractivity contribution is 4.96. The Bertz CT molecular complexity index is 326. The van der Waals surface area contributed by atoms with Gasteiger partial charge in [0.2, 0.25) is 0 Å². The molecule has 0 heterocycles. The monoisotopic (exact) mass is 277 g/mol. The first kappa shape index (κ1) is 17.6. The highest BCUT2D eigenvalue weighted by atomic mass is 14.9. The first-order chi connectivity index (χ1) is 9.33. The zero-order chi connectivity index (χ0) is 15.2. The van der Waals surface area contributed by atoms with Crippen molar-refractivity contribution in [2.45, 2.75) is 79.2 Å². The Balaban J connectivity index is 2.57. The minimum atomic E-state index is 0.239. The summed E-state index contributed by atoms with van der Waals surface area (Å²) in [5, 5.41) is 3.72. The van der Waals surface area contributed by atoms with E-state index in [1.807, 2.05) is 6.92 Å². The second-order valence-corrected chi connectivity index (χ2v) is 7.93. The van der Waals surface area contributed by atoms with Gasteiger partial charge in [0.1, 0.15) is 0 Å². The average Bonchev–Trinajstić information content (AvgIpc) is 2.36. The molecule has 116 valence electrons. The molecule has 0 aromatic carbocycles. The Morgan fingerprint density at radius 2 is 1.85 bits per heavy atom. The number of hydrogen-bond donors (Lipinski definition) is 1. The number of rotatable bonds is 5. The minimum absolute atomic E-state index is 0.239. The third-order valence-corrected chi connectivity index (χ3v) is 4.83. The smallest absolute Gasteiger partial charge is 0.00966 e. The molecular formula is C19H35N. The molecule has 1 nitrogen and oxygen atoms in total. The van der Waals surface area contributed by atoms with Crippen LogP contribution in [0.4, 0.5) is 0 Å². The van der Waals surface area contributed by atoms with Crippen molar-refractivity contribution in [3.8, 4) is 11.8 Å². The van der Waals surface area contributed by atoms with Crippen molar-refractivity contribution < 1.29 is 0 Å². The van der Waals surface area contributed by atoms with Crippen molar-refractivity contribution >= 4 is 0 Å². The Hall–Kier alpha value is -0.480. The molecule has 3 atom stereocenters. The van der Waals surface area contributed by atoms with Crippen molar-refractivity contribution in [3.63, 3.8) is 0 Å². The fourth-order valence-electron chi connectivity index (χ4n) is 3.41. The predicted molar refractivity (Wildman–Crippen MR) is 89.6 cm³/mol. The van der Waals surface area contributed by atoms with Gasteiger partial charge < -0.3 is 5.32 Å². The summed E-state index contributed by atoms with van der Waals surface area (Å²) in [6, 6.07) is 0. The molecule has 0 amide bonds. The van der Waals surface area contributed by atoms with E-state index in [0.717, 1.165) is 30.1 Å². The SMILES string of the molecule is CC#CCCC1CC(C(C)C)CCC1CNC(C)(C)C. The zero-order valence-corrected chi connectivity index (χ0v) is 14.6. The molecule has 1 rings (SSSR count). The van der Waals surface area contributed by atoms with E-state index in [0.29, 0.717) is 0 Å². The topological polar surface area (TPSA) is 12.0 Å². The zero-order valence-electron chi connectivity index (χ0n) is 14.6. The Labute approximate surface area is 127 Å². The predicted octanol–water partition coefficient (Wildman–Crippen LogP) is 4.87. The Kier molecular flexibility index (Phi) is 7.10. The summed E-state index contributed by atoms with van der Waals surface area (Å²) in [4.78, 5) is 0. The molecule has 0 bridgehead atoms. The van der Waals surface area contributed by atoms with Crippen LogP contribution in [0, 0.1) is 35.5 Å². The van der Waals surface area contributed by atoms with Crippen LogP contribution in [0.1, 0.15) is 73.6 Å². The summed E-state index contributed by atoms with van der Waals surface area (Å²) in [5.74, 6) is 9.80. The van der Waals surface area contributed by atoms with Crippen molar-refractivity contribution in [3.05, 3.63) is 0 Å². The van der Waals surface area contributed by atoms with Gasteiger partial charge in [-0.2, -0.15) is 0 Å². The summed E-state index contributed by atoms with van der Waals surface area (Å²) in [5.41, 5.74) is 0.239. The minimum Gasteiger partial charge on any atom is -0.312 e. The Morgan fingerprint density at radius 1 is 1.15 bits per heavy atom. The van der Waals surface area contributed by atoms with Crippen LogP contribution in [-0.2, 0) is 0 Å². The molecule has 3 unspecified atom stereocenters. The van der Waals surface area contributed by atoms with Crippen LogP contribution < -0.4 is 5.32 Å². The summed E-state index contributed by atoms with van der Waals surface area (Å²) >= 11 is 0.